The molecule has 0 bridgehead atoms. The second-order valence-corrected chi connectivity index (χ2v) is 4.68. The van der Waals surface area contributed by atoms with Crippen LogP contribution in [0.5, 0.6) is 0 Å². The van der Waals surface area contributed by atoms with Crippen LogP contribution in [0.4, 0.5) is 0 Å². The summed E-state index contributed by atoms with van der Waals surface area (Å²) in [7, 11) is 0. The van der Waals surface area contributed by atoms with Crippen LogP contribution >= 0.6 is 0 Å². The molecule has 0 amide bonds. The predicted octanol–water partition coefficient (Wildman–Crippen LogP) is 2.73. The summed E-state index contributed by atoms with van der Waals surface area (Å²) >= 11 is 0. The third-order valence-electron chi connectivity index (χ3n) is 3.07. The van der Waals surface area contributed by atoms with Gasteiger partial charge in [-0.15, -0.1) is 10.2 Å². The van der Waals surface area contributed by atoms with Crippen molar-refractivity contribution in [2.75, 3.05) is 0 Å². The summed E-state index contributed by atoms with van der Waals surface area (Å²) in [6.07, 6.45) is 4.65. The normalized spacial score (nSPS) is 16.5. The van der Waals surface area contributed by atoms with Crippen molar-refractivity contribution < 1.29 is 0 Å². The molecule has 2 aromatic heterocycles. The third kappa shape index (κ3) is 1.42. The number of hydrogen-bond acceptors (Lipinski definition) is 2. The van der Waals surface area contributed by atoms with Crippen molar-refractivity contribution in [2.45, 2.75) is 38.5 Å². The van der Waals surface area contributed by atoms with Gasteiger partial charge in [0.25, 0.3) is 0 Å². The van der Waals surface area contributed by atoms with E-state index in [2.05, 4.69) is 46.8 Å². The van der Waals surface area contributed by atoms with Crippen molar-refractivity contribution in [1.82, 2.24) is 14.6 Å². The van der Waals surface area contributed by atoms with Crippen LogP contribution < -0.4 is 0 Å². The van der Waals surface area contributed by atoms with Crippen molar-refractivity contribution in [3.63, 3.8) is 0 Å². The fourth-order valence-corrected chi connectivity index (χ4v) is 1.90. The van der Waals surface area contributed by atoms with Gasteiger partial charge in [0.15, 0.2) is 5.65 Å². The first-order chi connectivity index (χ1) is 7.25. The lowest BCUT2D eigenvalue weighted by atomic mass is 10.1. The molecule has 15 heavy (non-hydrogen) atoms. The molecule has 2 aromatic rings. The second kappa shape index (κ2) is 3.05. The lowest BCUT2D eigenvalue weighted by molar-refractivity contribution is 0.857. The van der Waals surface area contributed by atoms with Crippen molar-refractivity contribution in [1.29, 1.82) is 0 Å². The van der Waals surface area contributed by atoms with Crippen LogP contribution in [-0.4, -0.2) is 14.6 Å². The molecule has 0 atom stereocenters. The Balaban J connectivity index is 2.13. The zero-order valence-electron chi connectivity index (χ0n) is 9.14. The van der Waals surface area contributed by atoms with Crippen LogP contribution in [0.2, 0.25) is 0 Å². The van der Waals surface area contributed by atoms with Gasteiger partial charge in [-0.1, -0.05) is 13.8 Å². The maximum atomic E-state index is 4.27. The first-order valence-electron chi connectivity index (χ1n) is 5.60. The minimum Gasteiger partial charge on any atom is -0.286 e. The molecule has 1 saturated carbocycles. The monoisotopic (exact) mass is 201 g/mol. The molecule has 78 valence electrons. The summed E-state index contributed by atoms with van der Waals surface area (Å²) in [5.41, 5.74) is 2.32. The second-order valence-electron chi connectivity index (χ2n) is 4.68. The highest BCUT2D eigenvalue weighted by atomic mass is 15.2. The lowest BCUT2D eigenvalue weighted by Crippen LogP contribution is -1.94. The fourth-order valence-electron chi connectivity index (χ4n) is 1.90. The standard InChI is InChI=1S/C12H15N3/c1-8(2)10-5-6-15-11(7-10)13-14-12(15)9-3-4-9/h5-9H,3-4H2,1-2H3. The molecule has 3 heteroatoms. The SMILES string of the molecule is CC(C)c1ccn2c(C3CC3)nnc2c1. The van der Waals surface area contributed by atoms with Crippen LogP contribution in [0.3, 0.4) is 0 Å². The summed E-state index contributed by atoms with van der Waals surface area (Å²) in [4.78, 5) is 0. The summed E-state index contributed by atoms with van der Waals surface area (Å²) in [5.74, 6) is 2.35. The molecule has 0 radical (unpaired) electrons. The van der Waals surface area contributed by atoms with E-state index in [1.165, 1.54) is 18.4 Å². The maximum absolute atomic E-state index is 4.27. The summed E-state index contributed by atoms with van der Waals surface area (Å²) < 4.78 is 2.13. The minimum absolute atomic E-state index is 0.552. The number of hydrogen-bond donors (Lipinski definition) is 0. The summed E-state index contributed by atoms with van der Waals surface area (Å²) in [5, 5.41) is 8.51. The molecule has 0 aromatic carbocycles. The number of nitrogens with zero attached hydrogens (tertiary/aromatic N) is 3. The molecule has 1 aliphatic rings. The zero-order chi connectivity index (χ0) is 10.4. The smallest absolute Gasteiger partial charge is 0.161 e. The number of aromatic nitrogens is 3. The van der Waals surface area contributed by atoms with E-state index in [1.54, 1.807) is 0 Å². The van der Waals surface area contributed by atoms with Crippen LogP contribution in [0, 0.1) is 0 Å². The molecule has 0 saturated heterocycles. The maximum Gasteiger partial charge on any atom is 0.161 e. The van der Waals surface area contributed by atoms with Gasteiger partial charge >= 0.3 is 0 Å². The first-order valence-corrected chi connectivity index (χ1v) is 5.60. The quantitative estimate of drug-likeness (QED) is 0.747. The van der Waals surface area contributed by atoms with E-state index in [0.717, 1.165) is 11.5 Å². The predicted molar refractivity (Wildman–Crippen MR) is 59.1 cm³/mol. The van der Waals surface area contributed by atoms with Crippen LogP contribution in [0.15, 0.2) is 18.3 Å². The molecule has 2 heterocycles. The fraction of sp³-hybridized carbons (Fsp3) is 0.500. The topological polar surface area (TPSA) is 30.2 Å². The van der Waals surface area contributed by atoms with Gasteiger partial charge in [-0.2, -0.15) is 0 Å². The Kier molecular flexibility index (Phi) is 1.81. The van der Waals surface area contributed by atoms with Gasteiger partial charge in [0, 0.05) is 12.1 Å². The van der Waals surface area contributed by atoms with E-state index in [1.807, 2.05) is 0 Å². The highest BCUT2D eigenvalue weighted by Gasteiger charge is 2.28. The van der Waals surface area contributed by atoms with E-state index in [4.69, 9.17) is 0 Å². The highest BCUT2D eigenvalue weighted by molar-refractivity contribution is 5.42. The number of fused-ring (bicyclic) bond motifs is 1. The average Bonchev–Trinajstić information content (AvgIpc) is 2.98. The van der Waals surface area contributed by atoms with Gasteiger partial charge in [-0.05, 0) is 36.5 Å². The van der Waals surface area contributed by atoms with Gasteiger partial charge in [-0.3, -0.25) is 4.40 Å². The Hall–Kier alpha value is -1.38. The van der Waals surface area contributed by atoms with Crippen molar-refractivity contribution in [3.8, 4) is 0 Å². The molecule has 3 rings (SSSR count). The first kappa shape index (κ1) is 8.89. The van der Waals surface area contributed by atoms with Crippen molar-refractivity contribution in [3.05, 3.63) is 29.7 Å². The van der Waals surface area contributed by atoms with E-state index >= 15 is 0 Å². The molecule has 0 spiro atoms. The Labute approximate surface area is 89.1 Å². The number of pyridine rings is 1. The van der Waals surface area contributed by atoms with E-state index in [9.17, 15) is 0 Å². The van der Waals surface area contributed by atoms with Crippen molar-refractivity contribution >= 4 is 5.65 Å². The lowest BCUT2D eigenvalue weighted by Gasteiger charge is -2.05. The van der Waals surface area contributed by atoms with E-state index < -0.39 is 0 Å². The van der Waals surface area contributed by atoms with Crippen molar-refractivity contribution in [2.24, 2.45) is 0 Å². The molecule has 1 fully saturated rings. The molecule has 0 unspecified atom stereocenters. The Bertz CT molecular complexity index is 495. The Morgan fingerprint density at radius 3 is 2.80 bits per heavy atom. The molecule has 1 aliphatic carbocycles. The molecular weight excluding hydrogens is 186 g/mol. The average molecular weight is 201 g/mol. The largest absolute Gasteiger partial charge is 0.286 e. The third-order valence-corrected chi connectivity index (χ3v) is 3.07. The highest BCUT2D eigenvalue weighted by Crippen LogP contribution is 2.38. The van der Waals surface area contributed by atoms with Gasteiger partial charge in [0.1, 0.15) is 5.82 Å². The van der Waals surface area contributed by atoms with Gasteiger partial charge < -0.3 is 0 Å². The Morgan fingerprint density at radius 2 is 2.13 bits per heavy atom. The minimum atomic E-state index is 0.552. The van der Waals surface area contributed by atoms with Crippen LogP contribution in [0.25, 0.3) is 5.65 Å². The summed E-state index contributed by atoms with van der Waals surface area (Å²) in [6, 6.07) is 4.32. The van der Waals surface area contributed by atoms with Crippen LogP contribution in [-0.2, 0) is 0 Å². The summed E-state index contributed by atoms with van der Waals surface area (Å²) in [6.45, 7) is 4.40. The van der Waals surface area contributed by atoms with Gasteiger partial charge in [-0.25, -0.2) is 0 Å². The zero-order valence-corrected chi connectivity index (χ0v) is 9.14. The van der Waals surface area contributed by atoms with Crippen LogP contribution in [0.1, 0.15) is 49.9 Å². The van der Waals surface area contributed by atoms with Gasteiger partial charge in [0.2, 0.25) is 0 Å². The van der Waals surface area contributed by atoms with E-state index in [0.29, 0.717) is 11.8 Å². The molecule has 3 nitrogen and oxygen atoms in total. The Morgan fingerprint density at radius 1 is 1.33 bits per heavy atom. The van der Waals surface area contributed by atoms with Gasteiger partial charge in [0.05, 0.1) is 0 Å². The molecule has 0 aliphatic heterocycles. The number of rotatable bonds is 2. The molecular formula is C12H15N3. The van der Waals surface area contributed by atoms with E-state index in [-0.39, 0.29) is 0 Å². The molecule has 0 N–H and O–H groups in total.